The minimum absolute atomic E-state index is 0.0838. The number of thiazole rings is 2. The average Bonchev–Trinajstić information content (AvgIpc) is 3.08. The molecular formula is C13H15N5O3S2. The monoisotopic (exact) mass is 353 g/mol. The molecule has 2 aromatic heterocycles. The van der Waals surface area contributed by atoms with E-state index in [-0.39, 0.29) is 30.6 Å². The van der Waals surface area contributed by atoms with Gasteiger partial charge in [-0.2, -0.15) is 0 Å². The highest BCUT2D eigenvalue weighted by Crippen LogP contribution is 2.18. The van der Waals surface area contributed by atoms with Gasteiger partial charge < -0.3 is 16.0 Å². The molecule has 2 heterocycles. The van der Waals surface area contributed by atoms with Crippen molar-refractivity contribution in [1.29, 1.82) is 0 Å². The van der Waals surface area contributed by atoms with E-state index in [1.165, 1.54) is 29.6 Å². The van der Waals surface area contributed by atoms with Gasteiger partial charge in [0.1, 0.15) is 0 Å². The van der Waals surface area contributed by atoms with Gasteiger partial charge in [0.25, 0.3) is 0 Å². The van der Waals surface area contributed by atoms with Crippen LogP contribution >= 0.6 is 22.7 Å². The van der Waals surface area contributed by atoms with Crippen LogP contribution in [0.3, 0.4) is 0 Å². The first kappa shape index (κ1) is 17.0. The van der Waals surface area contributed by atoms with Gasteiger partial charge in [-0.05, 0) is 0 Å². The van der Waals surface area contributed by atoms with Crippen molar-refractivity contribution in [3.63, 3.8) is 0 Å². The predicted molar refractivity (Wildman–Crippen MR) is 88.6 cm³/mol. The van der Waals surface area contributed by atoms with Gasteiger partial charge in [0, 0.05) is 24.7 Å². The van der Waals surface area contributed by atoms with Gasteiger partial charge in [-0.1, -0.05) is 0 Å². The minimum Gasteiger partial charge on any atom is -0.359 e. The van der Waals surface area contributed by atoms with Crippen LogP contribution in [0.5, 0.6) is 0 Å². The Balaban J connectivity index is 1.88. The molecule has 10 heteroatoms. The van der Waals surface area contributed by atoms with Crippen molar-refractivity contribution in [3.8, 4) is 0 Å². The van der Waals surface area contributed by atoms with Gasteiger partial charge in [0.2, 0.25) is 17.7 Å². The number of hydrogen-bond acceptors (Lipinski definition) is 7. The molecule has 3 N–H and O–H groups in total. The summed E-state index contributed by atoms with van der Waals surface area (Å²) < 4.78 is 0. The van der Waals surface area contributed by atoms with Crippen LogP contribution in [-0.4, -0.2) is 34.7 Å². The van der Waals surface area contributed by atoms with E-state index in [0.717, 1.165) is 0 Å². The number of anilines is 2. The summed E-state index contributed by atoms with van der Waals surface area (Å²) in [5, 5.41) is 12.1. The second kappa shape index (κ2) is 7.79. The zero-order valence-electron chi connectivity index (χ0n) is 12.5. The molecule has 0 unspecified atom stereocenters. The lowest BCUT2D eigenvalue weighted by atomic mass is 10.3. The molecule has 0 spiro atoms. The molecule has 0 saturated heterocycles. The van der Waals surface area contributed by atoms with E-state index in [2.05, 4.69) is 25.9 Å². The zero-order valence-corrected chi connectivity index (χ0v) is 14.1. The molecule has 8 nitrogen and oxygen atoms in total. The number of nitrogens with zero attached hydrogens (tertiary/aromatic N) is 2. The van der Waals surface area contributed by atoms with Crippen molar-refractivity contribution < 1.29 is 14.4 Å². The van der Waals surface area contributed by atoms with E-state index in [1.807, 2.05) is 0 Å². The topological polar surface area (TPSA) is 113 Å². The van der Waals surface area contributed by atoms with Crippen LogP contribution in [0.15, 0.2) is 10.8 Å². The van der Waals surface area contributed by atoms with Gasteiger partial charge in [-0.25, -0.2) is 9.97 Å². The first-order valence-electron chi connectivity index (χ1n) is 6.63. The van der Waals surface area contributed by atoms with Crippen LogP contribution in [0.25, 0.3) is 0 Å². The molecule has 0 aliphatic rings. The van der Waals surface area contributed by atoms with E-state index in [0.29, 0.717) is 21.7 Å². The lowest BCUT2D eigenvalue weighted by Gasteiger charge is -1.99. The third-order valence-electron chi connectivity index (χ3n) is 2.59. The zero-order chi connectivity index (χ0) is 16.8. The van der Waals surface area contributed by atoms with Crippen molar-refractivity contribution in [2.45, 2.75) is 19.8 Å². The standard InChI is InChI=1S/C13H15N5O3S2/c1-7(19)15-12-16-9(6-22-12)4-11(21)18-13-17-8(5-23-13)3-10(20)14-2/h5-6H,3-4H2,1-2H3,(H,14,20)(H,15,16,19)(H,17,18,21). The van der Waals surface area contributed by atoms with Crippen LogP contribution in [0, 0.1) is 0 Å². The number of amides is 3. The highest BCUT2D eigenvalue weighted by molar-refractivity contribution is 7.14. The fraction of sp³-hybridized carbons (Fsp3) is 0.308. The maximum absolute atomic E-state index is 12.0. The molecule has 0 aliphatic heterocycles. The van der Waals surface area contributed by atoms with E-state index >= 15 is 0 Å². The molecule has 23 heavy (non-hydrogen) atoms. The first-order chi connectivity index (χ1) is 11.0. The highest BCUT2D eigenvalue weighted by atomic mass is 32.1. The number of nitrogens with one attached hydrogen (secondary N) is 3. The smallest absolute Gasteiger partial charge is 0.232 e. The molecule has 0 bridgehead atoms. The maximum Gasteiger partial charge on any atom is 0.232 e. The molecule has 2 aromatic rings. The average molecular weight is 353 g/mol. The third-order valence-corrected chi connectivity index (χ3v) is 4.21. The Bertz CT molecular complexity index is 725. The van der Waals surface area contributed by atoms with Crippen LogP contribution in [0.2, 0.25) is 0 Å². The number of likely N-dealkylation sites (N-methyl/N-ethyl adjacent to an activating group) is 1. The van der Waals surface area contributed by atoms with Crippen LogP contribution < -0.4 is 16.0 Å². The van der Waals surface area contributed by atoms with E-state index < -0.39 is 0 Å². The molecule has 122 valence electrons. The quantitative estimate of drug-likeness (QED) is 0.718. The van der Waals surface area contributed by atoms with E-state index in [9.17, 15) is 14.4 Å². The maximum atomic E-state index is 12.0. The van der Waals surface area contributed by atoms with Gasteiger partial charge in [0.05, 0.1) is 24.2 Å². The van der Waals surface area contributed by atoms with Crippen LogP contribution in [0.4, 0.5) is 10.3 Å². The van der Waals surface area contributed by atoms with E-state index in [4.69, 9.17) is 0 Å². The van der Waals surface area contributed by atoms with Gasteiger partial charge in [0.15, 0.2) is 10.3 Å². The van der Waals surface area contributed by atoms with Crippen LogP contribution in [0.1, 0.15) is 18.3 Å². The summed E-state index contributed by atoms with van der Waals surface area (Å²) in [6.45, 7) is 1.40. The van der Waals surface area contributed by atoms with Crippen molar-refractivity contribution in [3.05, 3.63) is 22.1 Å². The van der Waals surface area contributed by atoms with Crippen molar-refractivity contribution in [2.24, 2.45) is 0 Å². The first-order valence-corrected chi connectivity index (χ1v) is 8.39. The molecule has 0 aliphatic carbocycles. The summed E-state index contributed by atoms with van der Waals surface area (Å²) in [5.41, 5.74) is 1.17. The summed E-state index contributed by atoms with van der Waals surface area (Å²) in [6, 6.07) is 0. The SMILES string of the molecule is CNC(=O)Cc1csc(NC(=O)Cc2csc(NC(C)=O)n2)n1. The predicted octanol–water partition coefficient (Wildman–Crippen LogP) is 1.03. The van der Waals surface area contributed by atoms with Crippen molar-refractivity contribution in [1.82, 2.24) is 15.3 Å². The van der Waals surface area contributed by atoms with Gasteiger partial charge >= 0.3 is 0 Å². The Kier molecular flexibility index (Phi) is 5.77. The molecule has 0 fully saturated rings. The summed E-state index contributed by atoms with van der Waals surface area (Å²) >= 11 is 2.52. The second-order valence-corrected chi connectivity index (χ2v) is 6.26. The molecule has 3 amide bonds. The Morgan fingerprint density at radius 1 is 0.957 bits per heavy atom. The Hall–Kier alpha value is -2.33. The molecule has 0 radical (unpaired) electrons. The van der Waals surface area contributed by atoms with Crippen LogP contribution in [-0.2, 0) is 27.2 Å². The molecule has 0 aromatic carbocycles. The van der Waals surface area contributed by atoms with Gasteiger partial charge in [-0.15, -0.1) is 22.7 Å². The van der Waals surface area contributed by atoms with E-state index in [1.54, 1.807) is 17.8 Å². The van der Waals surface area contributed by atoms with Crippen molar-refractivity contribution in [2.75, 3.05) is 17.7 Å². The number of aromatic nitrogens is 2. The molecule has 0 atom stereocenters. The Morgan fingerprint density at radius 3 is 2.00 bits per heavy atom. The third kappa shape index (κ3) is 5.42. The number of carbonyl (C=O) groups is 3. The lowest BCUT2D eigenvalue weighted by Crippen LogP contribution is -2.20. The summed E-state index contributed by atoms with van der Waals surface area (Å²) in [5.74, 6) is -0.603. The number of rotatable bonds is 6. The molecular weight excluding hydrogens is 338 g/mol. The molecule has 0 saturated carbocycles. The summed E-state index contributed by atoms with van der Waals surface area (Å²) in [7, 11) is 1.56. The number of carbonyl (C=O) groups excluding carboxylic acids is 3. The lowest BCUT2D eigenvalue weighted by molar-refractivity contribution is -0.120. The highest BCUT2D eigenvalue weighted by Gasteiger charge is 2.12. The fourth-order valence-corrected chi connectivity index (χ4v) is 3.11. The number of hydrogen-bond donors (Lipinski definition) is 3. The minimum atomic E-state index is -0.259. The Labute approximate surface area is 140 Å². The normalized spacial score (nSPS) is 10.2. The Morgan fingerprint density at radius 2 is 1.48 bits per heavy atom. The van der Waals surface area contributed by atoms with Gasteiger partial charge in [-0.3, -0.25) is 14.4 Å². The second-order valence-electron chi connectivity index (χ2n) is 4.54. The summed E-state index contributed by atoms with van der Waals surface area (Å²) in [4.78, 5) is 42.5. The largest absolute Gasteiger partial charge is 0.359 e. The van der Waals surface area contributed by atoms with Crippen molar-refractivity contribution >= 4 is 50.7 Å². The summed E-state index contributed by atoms with van der Waals surface area (Å²) in [6.07, 6.45) is 0.259. The molecule has 2 rings (SSSR count). The fourth-order valence-electron chi connectivity index (χ4n) is 1.62.